The molecule has 0 bridgehead atoms. The second kappa shape index (κ2) is 7.06. The van der Waals surface area contributed by atoms with E-state index in [0.29, 0.717) is 10.3 Å². The van der Waals surface area contributed by atoms with Gasteiger partial charge in [0.2, 0.25) is 5.13 Å². The molecule has 1 aliphatic heterocycles. The van der Waals surface area contributed by atoms with Gasteiger partial charge in [-0.2, -0.15) is 0 Å². The maximum atomic E-state index is 10.5. The van der Waals surface area contributed by atoms with Gasteiger partial charge in [-0.3, -0.25) is 4.79 Å². The van der Waals surface area contributed by atoms with Crippen LogP contribution in [0, 0.1) is 5.92 Å². The minimum Gasteiger partial charge on any atom is -0.481 e. The molecule has 1 aliphatic rings. The highest BCUT2D eigenvalue weighted by Crippen LogP contribution is 2.28. The van der Waals surface area contributed by atoms with Crippen molar-refractivity contribution in [3.05, 3.63) is 0 Å². The minimum atomic E-state index is -0.838. The molecule has 0 aromatic carbocycles. The fourth-order valence-corrected chi connectivity index (χ4v) is 3.49. The largest absolute Gasteiger partial charge is 0.481 e. The van der Waals surface area contributed by atoms with Crippen LogP contribution in [0.2, 0.25) is 0 Å². The Hall–Kier alpha value is -0.860. The van der Waals surface area contributed by atoms with Crippen molar-refractivity contribution in [1.82, 2.24) is 10.2 Å². The summed E-state index contributed by atoms with van der Waals surface area (Å²) in [6, 6.07) is 0. The Bertz CT molecular complexity index is 421. The average Bonchev–Trinajstić information content (AvgIpc) is 2.86. The molecular formula is C11H17N3O3S2. The third-order valence-electron chi connectivity index (χ3n) is 2.83. The highest BCUT2D eigenvalue weighted by Gasteiger charge is 2.18. The van der Waals surface area contributed by atoms with Crippen molar-refractivity contribution < 1.29 is 14.6 Å². The van der Waals surface area contributed by atoms with Gasteiger partial charge in [-0.05, 0) is 18.8 Å². The first kappa shape index (κ1) is 14.5. The van der Waals surface area contributed by atoms with Crippen LogP contribution < -0.4 is 4.90 Å². The molecule has 1 aromatic heterocycles. The lowest BCUT2D eigenvalue weighted by Crippen LogP contribution is -2.30. The second-order valence-electron chi connectivity index (χ2n) is 4.50. The molecule has 19 heavy (non-hydrogen) atoms. The van der Waals surface area contributed by atoms with Gasteiger partial charge in [-0.1, -0.05) is 23.1 Å². The molecule has 1 aromatic rings. The first-order valence-corrected chi connectivity index (χ1v) is 7.92. The number of aromatic nitrogens is 2. The van der Waals surface area contributed by atoms with E-state index in [4.69, 9.17) is 9.84 Å². The summed E-state index contributed by atoms with van der Waals surface area (Å²) in [7, 11) is 1.99. The number of rotatable bonds is 6. The molecule has 2 rings (SSSR count). The molecule has 1 N–H and O–H groups in total. The van der Waals surface area contributed by atoms with E-state index in [9.17, 15) is 4.79 Å². The summed E-state index contributed by atoms with van der Waals surface area (Å²) >= 11 is 2.64. The summed E-state index contributed by atoms with van der Waals surface area (Å²) in [6.07, 6.45) is 2.30. The molecule has 1 unspecified atom stereocenters. The summed E-state index contributed by atoms with van der Waals surface area (Å²) in [4.78, 5) is 12.6. The Morgan fingerprint density at radius 2 is 2.47 bits per heavy atom. The van der Waals surface area contributed by atoms with Crippen LogP contribution in [-0.4, -0.2) is 53.8 Å². The summed E-state index contributed by atoms with van der Waals surface area (Å²) in [5.41, 5.74) is 0. The van der Waals surface area contributed by atoms with Gasteiger partial charge in [0.25, 0.3) is 0 Å². The molecule has 0 saturated carbocycles. The van der Waals surface area contributed by atoms with Crippen molar-refractivity contribution in [1.29, 1.82) is 0 Å². The maximum Gasteiger partial charge on any atom is 0.313 e. The first-order chi connectivity index (χ1) is 9.15. The van der Waals surface area contributed by atoms with E-state index in [1.165, 1.54) is 29.5 Å². The summed E-state index contributed by atoms with van der Waals surface area (Å²) in [5.74, 6) is -0.276. The number of hydrogen-bond acceptors (Lipinski definition) is 7. The van der Waals surface area contributed by atoms with Crippen molar-refractivity contribution in [2.24, 2.45) is 5.92 Å². The number of carbonyl (C=O) groups is 1. The van der Waals surface area contributed by atoms with E-state index in [-0.39, 0.29) is 5.75 Å². The van der Waals surface area contributed by atoms with Gasteiger partial charge in [0, 0.05) is 20.2 Å². The molecular weight excluding hydrogens is 286 g/mol. The third kappa shape index (κ3) is 4.63. The molecule has 0 aliphatic carbocycles. The van der Waals surface area contributed by atoms with Gasteiger partial charge in [-0.25, -0.2) is 0 Å². The standard InChI is InChI=1S/C11H17N3O3S2/c1-14(5-8-3-2-4-17-6-8)10-12-13-11(19-10)18-7-9(15)16/h8H,2-7H2,1H3,(H,15,16). The first-order valence-electron chi connectivity index (χ1n) is 6.12. The topological polar surface area (TPSA) is 75.5 Å². The highest BCUT2D eigenvalue weighted by molar-refractivity contribution is 8.01. The predicted molar refractivity (Wildman–Crippen MR) is 75.1 cm³/mol. The summed E-state index contributed by atoms with van der Waals surface area (Å²) < 4.78 is 6.16. The lowest BCUT2D eigenvalue weighted by molar-refractivity contribution is -0.133. The number of hydrogen-bond donors (Lipinski definition) is 1. The smallest absolute Gasteiger partial charge is 0.313 e. The third-order valence-corrected chi connectivity index (χ3v) is 4.98. The number of nitrogens with zero attached hydrogens (tertiary/aromatic N) is 3. The molecule has 6 nitrogen and oxygen atoms in total. The maximum absolute atomic E-state index is 10.5. The van der Waals surface area contributed by atoms with Gasteiger partial charge in [0.1, 0.15) is 0 Å². The van der Waals surface area contributed by atoms with Crippen LogP contribution in [0.1, 0.15) is 12.8 Å². The Kier molecular flexibility index (Phi) is 5.41. The fourth-order valence-electron chi connectivity index (χ4n) is 1.96. The summed E-state index contributed by atoms with van der Waals surface area (Å²) in [5, 5.41) is 17.5. The Labute approximate surface area is 120 Å². The van der Waals surface area contributed by atoms with Crippen LogP contribution in [0.3, 0.4) is 0 Å². The normalized spacial score (nSPS) is 19.3. The average molecular weight is 303 g/mol. The molecule has 2 heterocycles. The quantitative estimate of drug-likeness (QED) is 0.799. The lowest BCUT2D eigenvalue weighted by Gasteiger charge is -2.26. The van der Waals surface area contributed by atoms with Gasteiger partial charge in [-0.15, -0.1) is 10.2 Å². The van der Waals surface area contributed by atoms with Crippen molar-refractivity contribution in [3.8, 4) is 0 Å². The lowest BCUT2D eigenvalue weighted by atomic mass is 10.0. The van der Waals surface area contributed by atoms with E-state index in [1.807, 2.05) is 7.05 Å². The van der Waals surface area contributed by atoms with Crippen LogP contribution in [0.5, 0.6) is 0 Å². The van der Waals surface area contributed by atoms with Crippen LogP contribution in [-0.2, 0) is 9.53 Å². The zero-order chi connectivity index (χ0) is 13.7. The molecule has 0 amide bonds. The molecule has 8 heteroatoms. The molecule has 0 radical (unpaired) electrons. The van der Waals surface area contributed by atoms with Crippen LogP contribution in [0.15, 0.2) is 4.34 Å². The summed E-state index contributed by atoms with van der Waals surface area (Å²) in [6.45, 7) is 2.58. The second-order valence-corrected chi connectivity index (χ2v) is 6.68. The van der Waals surface area contributed by atoms with Gasteiger partial charge in [0.15, 0.2) is 4.34 Å². The Morgan fingerprint density at radius 1 is 1.63 bits per heavy atom. The van der Waals surface area contributed by atoms with Gasteiger partial charge < -0.3 is 14.7 Å². The number of carboxylic acid groups (broad SMARTS) is 1. The highest BCUT2D eigenvalue weighted by atomic mass is 32.2. The Balaban J connectivity index is 1.84. The van der Waals surface area contributed by atoms with E-state index in [0.717, 1.165) is 31.3 Å². The van der Waals surface area contributed by atoms with E-state index in [1.54, 1.807) is 0 Å². The van der Waals surface area contributed by atoms with Crippen molar-refractivity contribution >= 4 is 34.2 Å². The minimum absolute atomic E-state index is 0.0226. The molecule has 1 saturated heterocycles. The van der Waals surface area contributed by atoms with Crippen LogP contribution in [0.25, 0.3) is 0 Å². The SMILES string of the molecule is CN(CC1CCCOC1)c1nnc(SCC(=O)O)s1. The van der Waals surface area contributed by atoms with E-state index in [2.05, 4.69) is 15.1 Å². The molecule has 1 fully saturated rings. The van der Waals surface area contributed by atoms with Gasteiger partial charge in [0.05, 0.1) is 12.4 Å². The van der Waals surface area contributed by atoms with Crippen molar-refractivity contribution in [3.63, 3.8) is 0 Å². The predicted octanol–water partition coefficient (Wildman–Crippen LogP) is 1.58. The van der Waals surface area contributed by atoms with Crippen molar-refractivity contribution in [2.75, 3.05) is 37.5 Å². The van der Waals surface area contributed by atoms with Gasteiger partial charge >= 0.3 is 5.97 Å². The molecule has 106 valence electrons. The Morgan fingerprint density at radius 3 is 3.16 bits per heavy atom. The van der Waals surface area contributed by atoms with Crippen LogP contribution >= 0.6 is 23.1 Å². The zero-order valence-electron chi connectivity index (χ0n) is 10.7. The number of aliphatic carboxylic acids is 1. The number of thioether (sulfide) groups is 1. The molecule has 1 atom stereocenters. The van der Waals surface area contributed by atoms with E-state index < -0.39 is 5.97 Å². The zero-order valence-corrected chi connectivity index (χ0v) is 12.4. The monoisotopic (exact) mass is 303 g/mol. The number of carboxylic acids is 1. The fraction of sp³-hybridized carbons (Fsp3) is 0.727. The number of ether oxygens (including phenoxy) is 1. The van der Waals surface area contributed by atoms with Crippen molar-refractivity contribution in [2.45, 2.75) is 17.2 Å². The van der Waals surface area contributed by atoms with Crippen LogP contribution in [0.4, 0.5) is 5.13 Å². The number of anilines is 1. The van der Waals surface area contributed by atoms with E-state index >= 15 is 0 Å². The molecule has 0 spiro atoms.